The first-order chi connectivity index (χ1) is 12.2. The van der Waals surface area contributed by atoms with Crippen molar-refractivity contribution in [2.75, 3.05) is 46.2 Å². The van der Waals surface area contributed by atoms with Crippen LogP contribution in [-0.2, 0) is 28.5 Å². The summed E-state index contributed by atoms with van der Waals surface area (Å²) in [7, 11) is 0. The van der Waals surface area contributed by atoms with Crippen LogP contribution in [0, 0.1) is 0 Å². The van der Waals surface area contributed by atoms with Crippen LogP contribution in [0.25, 0.3) is 0 Å². The summed E-state index contributed by atoms with van der Waals surface area (Å²) in [5, 5.41) is 8.50. The fraction of sp³-hybridized carbons (Fsp3) is 0.889. The van der Waals surface area contributed by atoms with Crippen LogP contribution < -0.4 is 0 Å². The Labute approximate surface area is 151 Å². The third-order valence-electron chi connectivity index (χ3n) is 3.39. The third kappa shape index (κ3) is 19.0. The van der Waals surface area contributed by atoms with E-state index in [-0.39, 0.29) is 45.2 Å². The van der Waals surface area contributed by atoms with Gasteiger partial charge in [-0.1, -0.05) is 39.0 Å². The smallest absolute Gasteiger partial charge is 0.306 e. The molecule has 0 saturated carbocycles. The van der Waals surface area contributed by atoms with Gasteiger partial charge in [-0.3, -0.25) is 9.59 Å². The van der Waals surface area contributed by atoms with Gasteiger partial charge in [0.05, 0.1) is 52.5 Å². The number of aliphatic hydroxyl groups is 1. The average Bonchev–Trinajstić information content (AvgIpc) is 2.61. The van der Waals surface area contributed by atoms with E-state index in [1.54, 1.807) is 0 Å². The monoisotopic (exact) mass is 362 g/mol. The van der Waals surface area contributed by atoms with Gasteiger partial charge in [-0.2, -0.15) is 0 Å². The highest BCUT2D eigenvalue weighted by Crippen LogP contribution is 2.05. The van der Waals surface area contributed by atoms with Gasteiger partial charge in [0.1, 0.15) is 6.61 Å². The molecule has 0 spiro atoms. The Balaban J connectivity index is 3.33. The number of ether oxygens (including phenoxy) is 4. The minimum absolute atomic E-state index is 0.0149. The number of aliphatic hydroxyl groups excluding tert-OH is 1. The van der Waals surface area contributed by atoms with Crippen LogP contribution in [-0.4, -0.2) is 63.3 Å². The number of rotatable bonds is 18. The van der Waals surface area contributed by atoms with E-state index in [0.717, 1.165) is 12.8 Å². The predicted octanol–water partition coefficient (Wildman–Crippen LogP) is 2.24. The van der Waals surface area contributed by atoms with Crippen LogP contribution in [0.15, 0.2) is 0 Å². The first kappa shape index (κ1) is 23.8. The van der Waals surface area contributed by atoms with Crippen molar-refractivity contribution in [3.05, 3.63) is 0 Å². The number of carbonyl (C=O) groups is 2. The van der Waals surface area contributed by atoms with E-state index >= 15 is 0 Å². The lowest BCUT2D eigenvalue weighted by atomic mass is 10.1. The minimum atomic E-state index is -0.434. The van der Waals surface area contributed by atoms with E-state index in [1.807, 2.05) is 0 Å². The molecule has 0 radical (unpaired) electrons. The summed E-state index contributed by atoms with van der Waals surface area (Å²) < 4.78 is 20.2. The van der Waals surface area contributed by atoms with Gasteiger partial charge in [0, 0.05) is 0 Å². The fourth-order valence-corrected chi connectivity index (χ4v) is 2.02. The lowest BCUT2D eigenvalue weighted by Crippen LogP contribution is -2.15. The van der Waals surface area contributed by atoms with Crippen LogP contribution in [0.1, 0.15) is 58.3 Å². The third-order valence-corrected chi connectivity index (χ3v) is 3.39. The van der Waals surface area contributed by atoms with Crippen molar-refractivity contribution in [1.29, 1.82) is 0 Å². The zero-order valence-corrected chi connectivity index (χ0v) is 15.5. The molecule has 0 aromatic rings. The van der Waals surface area contributed by atoms with Gasteiger partial charge in [-0.15, -0.1) is 0 Å². The molecule has 25 heavy (non-hydrogen) atoms. The molecule has 7 nitrogen and oxygen atoms in total. The number of hydrogen-bond acceptors (Lipinski definition) is 7. The van der Waals surface area contributed by atoms with Crippen molar-refractivity contribution in [3.63, 3.8) is 0 Å². The van der Waals surface area contributed by atoms with Crippen molar-refractivity contribution < 1.29 is 33.6 Å². The van der Waals surface area contributed by atoms with E-state index in [1.165, 1.54) is 25.7 Å². The SMILES string of the molecule is CCCCCCCCOC(=O)CCC(=O)OCCOCCOCCO. The summed E-state index contributed by atoms with van der Waals surface area (Å²) in [5.41, 5.74) is 0. The van der Waals surface area contributed by atoms with E-state index in [4.69, 9.17) is 24.1 Å². The molecule has 1 N–H and O–H groups in total. The van der Waals surface area contributed by atoms with Crippen molar-refractivity contribution in [3.8, 4) is 0 Å². The maximum Gasteiger partial charge on any atom is 0.306 e. The first-order valence-corrected chi connectivity index (χ1v) is 9.28. The fourth-order valence-electron chi connectivity index (χ4n) is 2.02. The van der Waals surface area contributed by atoms with Crippen LogP contribution in [0.3, 0.4) is 0 Å². The molecule has 0 atom stereocenters. The Bertz CT molecular complexity index is 321. The largest absolute Gasteiger partial charge is 0.466 e. The van der Waals surface area contributed by atoms with Gasteiger partial charge < -0.3 is 24.1 Å². The van der Waals surface area contributed by atoms with Crippen molar-refractivity contribution >= 4 is 11.9 Å². The number of unbranched alkanes of at least 4 members (excludes halogenated alkanes) is 5. The maximum absolute atomic E-state index is 11.5. The van der Waals surface area contributed by atoms with Gasteiger partial charge in [-0.05, 0) is 6.42 Å². The molecule has 0 bridgehead atoms. The Morgan fingerprint density at radius 3 is 1.84 bits per heavy atom. The standard InChI is InChI=1S/C18H34O7/c1-2-3-4-5-6-7-11-24-17(20)8-9-18(21)25-16-15-23-14-13-22-12-10-19/h19H,2-16H2,1H3. The molecule has 0 fully saturated rings. The second kappa shape index (κ2) is 19.1. The maximum atomic E-state index is 11.5. The highest BCUT2D eigenvalue weighted by molar-refractivity contribution is 5.77. The van der Waals surface area contributed by atoms with E-state index in [2.05, 4.69) is 6.92 Å². The summed E-state index contributed by atoms with van der Waals surface area (Å²) in [6, 6.07) is 0. The Kier molecular flexibility index (Phi) is 18.2. The molecule has 0 aromatic carbocycles. The first-order valence-electron chi connectivity index (χ1n) is 9.28. The molecule has 0 aliphatic rings. The molecular formula is C18H34O7. The summed E-state index contributed by atoms with van der Waals surface area (Å²) in [5.74, 6) is -0.792. The number of hydrogen-bond donors (Lipinski definition) is 1. The molecule has 148 valence electrons. The molecule has 0 heterocycles. The van der Waals surface area contributed by atoms with Gasteiger partial charge in [0.2, 0.25) is 0 Å². The van der Waals surface area contributed by atoms with Crippen molar-refractivity contribution in [2.45, 2.75) is 58.3 Å². The molecule has 0 aromatic heterocycles. The van der Waals surface area contributed by atoms with E-state index < -0.39 is 5.97 Å². The lowest BCUT2D eigenvalue weighted by molar-refractivity contribution is -0.151. The zero-order chi connectivity index (χ0) is 18.6. The predicted molar refractivity (Wildman–Crippen MR) is 93.3 cm³/mol. The zero-order valence-electron chi connectivity index (χ0n) is 15.5. The van der Waals surface area contributed by atoms with Gasteiger partial charge >= 0.3 is 11.9 Å². The normalized spacial score (nSPS) is 10.6. The van der Waals surface area contributed by atoms with Crippen LogP contribution in [0.5, 0.6) is 0 Å². The topological polar surface area (TPSA) is 91.3 Å². The van der Waals surface area contributed by atoms with E-state index in [0.29, 0.717) is 19.8 Å². The minimum Gasteiger partial charge on any atom is -0.466 e. The summed E-state index contributed by atoms with van der Waals surface area (Å²) in [4.78, 5) is 23.0. The number of esters is 2. The molecule has 7 heteroatoms. The molecule has 0 aliphatic heterocycles. The second-order valence-corrected chi connectivity index (χ2v) is 5.66. The van der Waals surface area contributed by atoms with Crippen LogP contribution >= 0.6 is 0 Å². The Hall–Kier alpha value is -1.18. The Morgan fingerprint density at radius 2 is 1.20 bits per heavy atom. The molecular weight excluding hydrogens is 328 g/mol. The highest BCUT2D eigenvalue weighted by atomic mass is 16.6. The molecule has 0 unspecified atom stereocenters. The van der Waals surface area contributed by atoms with Crippen LogP contribution in [0.4, 0.5) is 0 Å². The van der Waals surface area contributed by atoms with Gasteiger partial charge in [-0.25, -0.2) is 0 Å². The van der Waals surface area contributed by atoms with Crippen LogP contribution in [0.2, 0.25) is 0 Å². The van der Waals surface area contributed by atoms with Gasteiger partial charge in [0.15, 0.2) is 0 Å². The second-order valence-electron chi connectivity index (χ2n) is 5.66. The number of carbonyl (C=O) groups excluding carboxylic acids is 2. The summed E-state index contributed by atoms with van der Waals surface area (Å²) in [6.45, 7) is 4.05. The molecule has 0 saturated heterocycles. The highest BCUT2D eigenvalue weighted by Gasteiger charge is 2.09. The molecule has 0 aliphatic carbocycles. The van der Waals surface area contributed by atoms with E-state index in [9.17, 15) is 9.59 Å². The van der Waals surface area contributed by atoms with Crippen molar-refractivity contribution in [2.24, 2.45) is 0 Å². The molecule has 0 rings (SSSR count). The van der Waals surface area contributed by atoms with Crippen molar-refractivity contribution in [1.82, 2.24) is 0 Å². The van der Waals surface area contributed by atoms with Gasteiger partial charge in [0.25, 0.3) is 0 Å². The summed E-state index contributed by atoms with van der Waals surface area (Å²) in [6.07, 6.45) is 6.89. The average molecular weight is 362 g/mol. The summed E-state index contributed by atoms with van der Waals surface area (Å²) >= 11 is 0. The lowest BCUT2D eigenvalue weighted by Gasteiger charge is -2.07. The Morgan fingerprint density at radius 1 is 0.680 bits per heavy atom. The quantitative estimate of drug-likeness (QED) is 0.295. The molecule has 0 amide bonds.